The van der Waals surface area contributed by atoms with Crippen molar-refractivity contribution in [3.8, 4) is 0 Å². The molecular weight excluding hydrogens is 302 g/mol. The van der Waals surface area contributed by atoms with Crippen molar-refractivity contribution in [2.24, 2.45) is 5.92 Å². The normalized spacial score (nSPS) is 29.0. The average molecular weight is 329 g/mol. The lowest BCUT2D eigenvalue weighted by Gasteiger charge is -2.42. The number of hydrogen-bond acceptors (Lipinski definition) is 4. The summed E-state index contributed by atoms with van der Waals surface area (Å²) in [6, 6.07) is 5.08. The second-order valence-corrected chi connectivity index (χ2v) is 7.40. The Labute approximate surface area is 144 Å². The second kappa shape index (κ2) is 7.19. The lowest BCUT2D eigenvalue weighted by molar-refractivity contribution is -0.139. The molecule has 1 amide bonds. The highest BCUT2D eigenvalue weighted by Gasteiger charge is 2.43. The van der Waals surface area contributed by atoms with Gasteiger partial charge >= 0.3 is 0 Å². The van der Waals surface area contributed by atoms with E-state index in [0.717, 1.165) is 58.5 Å². The van der Waals surface area contributed by atoms with E-state index in [0.29, 0.717) is 30.3 Å². The van der Waals surface area contributed by atoms with Crippen LogP contribution in [0.3, 0.4) is 0 Å². The number of nitrogens with zero attached hydrogens (tertiary/aromatic N) is 3. The maximum atomic E-state index is 12.5. The largest absolute Gasteiger partial charge is 0.381 e. The van der Waals surface area contributed by atoms with Crippen LogP contribution < -0.4 is 0 Å². The van der Waals surface area contributed by atoms with Crippen LogP contribution in [0.2, 0.25) is 0 Å². The van der Waals surface area contributed by atoms with Crippen LogP contribution >= 0.6 is 0 Å². The van der Waals surface area contributed by atoms with Crippen LogP contribution in [0.25, 0.3) is 0 Å². The Bertz CT molecular complexity index is 559. The number of piperidine rings is 1. The molecule has 3 aliphatic heterocycles. The number of carbonyl (C=O) groups is 1. The molecule has 3 saturated heterocycles. The van der Waals surface area contributed by atoms with E-state index < -0.39 is 0 Å². The lowest BCUT2D eigenvalue weighted by Crippen LogP contribution is -2.53. The van der Waals surface area contributed by atoms with Crippen LogP contribution in [-0.4, -0.2) is 59.1 Å². The minimum Gasteiger partial charge on any atom is -0.381 e. The fourth-order valence-corrected chi connectivity index (χ4v) is 4.60. The molecule has 2 atom stereocenters. The summed E-state index contributed by atoms with van der Waals surface area (Å²) in [7, 11) is 0. The predicted molar refractivity (Wildman–Crippen MR) is 91.3 cm³/mol. The minimum atomic E-state index is 0.367. The van der Waals surface area contributed by atoms with Crippen LogP contribution in [0.1, 0.15) is 37.7 Å². The Morgan fingerprint density at radius 3 is 2.83 bits per heavy atom. The standard InChI is InChI=1S/C19H27N3O2/c23-19-4-3-17-18(22(19)14-15-6-10-24-11-7-15)5-9-21(17)13-16-2-1-8-20-12-16/h1-2,8,12,15,17-18H,3-7,9-11,13-14H2/t17-,18-/m1/s1. The fourth-order valence-electron chi connectivity index (χ4n) is 4.60. The molecule has 0 aliphatic carbocycles. The van der Waals surface area contributed by atoms with Gasteiger partial charge in [0, 0.05) is 63.7 Å². The maximum Gasteiger partial charge on any atom is 0.222 e. The highest BCUT2D eigenvalue weighted by atomic mass is 16.5. The van der Waals surface area contributed by atoms with Crippen molar-refractivity contribution in [2.75, 3.05) is 26.3 Å². The van der Waals surface area contributed by atoms with Gasteiger partial charge in [-0.1, -0.05) is 6.07 Å². The monoisotopic (exact) mass is 329 g/mol. The van der Waals surface area contributed by atoms with Gasteiger partial charge in [0.15, 0.2) is 0 Å². The molecule has 0 aromatic carbocycles. The van der Waals surface area contributed by atoms with Crippen LogP contribution in [0.4, 0.5) is 0 Å². The minimum absolute atomic E-state index is 0.367. The first-order chi connectivity index (χ1) is 11.8. The van der Waals surface area contributed by atoms with Crippen molar-refractivity contribution in [1.82, 2.24) is 14.8 Å². The summed E-state index contributed by atoms with van der Waals surface area (Å²) >= 11 is 0. The topological polar surface area (TPSA) is 45.7 Å². The van der Waals surface area contributed by atoms with Gasteiger partial charge in [0.2, 0.25) is 5.91 Å². The van der Waals surface area contributed by atoms with Crippen molar-refractivity contribution in [3.05, 3.63) is 30.1 Å². The van der Waals surface area contributed by atoms with Crippen molar-refractivity contribution in [3.63, 3.8) is 0 Å². The van der Waals surface area contributed by atoms with Crippen LogP contribution in [0, 0.1) is 5.92 Å². The number of carbonyl (C=O) groups excluding carboxylic acids is 1. The molecule has 0 radical (unpaired) electrons. The first-order valence-electron chi connectivity index (χ1n) is 9.31. The van der Waals surface area contributed by atoms with E-state index in [9.17, 15) is 4.79 Å². The van der Waals surface area contributed by atoms with Crippen molar-refractivity contribution in [1.29, 1.82) is 0 Å². The van der Waals surface area contributed by atoms with Gasteiger partial charge in [0.1, 0.15) is 0 Å². The number of pyridine rings is 1. The van der Waals surface area contributed by atoms with Gasteiger partial charge in [-0.3, -0.25) is 14.7 Å². The molecule has 1 aromatic heterocycles. The van der Waals surface area contributed by atoms with Gasteiger partial charge in [-0.2, -0.15) is 0 Å². The van der Waals surface area contributed by atoms with Gasteiger partial charge < -0.3 is 9.64 Å². The SMILES string of the molecule is O=C1CC[C@@H]2[C@@H](CCN2Cc2cccnc2)N1CC1CCOCC1. The highest BCUT2D eigenvalue weighted by Crippen LogP contribution is 2.33. The molecule has 0 unspecified atom stereocenters. The van der Waals surface area contributed by atoms with Crippen LogP contribution in [0.15, 0.2) is 24.5 Å². The number of likely N-dealkylation sites (tertiary alicyclic amines) is 2. The van der Waals surface area contributed by atoms with E-state index in [-0.39, 0.29) is 0 Å². The van der Waals surface area contributed by atoms with E-state index in [4.69, 9.17) is 4.74 Å². The Hall–Kier alpha value is -1.46. The Kier molecular flexibility index (Phi) is 4.81. The van der Waals surface area contributed by atoms with E-state index in [2.05, 4.69) is 20.9 Å². The molecule has 130 valence electrons. The zero-order valence-corrected chi connectivity index (χ0v) is 14.3. The first kappa shape index (κ1) is 16.0. The third kappa shape index (κ3) is 3.33. The summed E-state index contributed by atoms with van der Waals surface area (Å²) in [5, 5.41) is 0. The summed E-state index contributed by atoms with van der Waals surface area (Å²) in [5.74, 6) is 0.986. The first-order valence-corrected chi connectivity index (χ1v) is 9.31. The number of amides is 1. The van der Waals surface area contributed by atoms with Crippen molar-refractivity contribution in [2.45, 2.75) is 50.7 Å². The Balaban J connectivity index is 1.42. The summed E-state index contributed by atoms with van der Waals surface area (Å²) in [6.07, 6.45) is 8.80. The van der Waals surface area contributed by atoms with E-state index in [1.165, 1.54) is 5.56 Å². The molecule has 4 rings (SSSR count). The third-order valence-electron chi connectivity index (χ3n) is 5.90. The zero-order chi connectivity index (χ0) is 16.4. The predicted octanol–water partition coefficient (Wildman–Crippen LogP) is 2.07. The third-order valence-corrected chi connectivity index (χ3v) is 5.90. The smallest absolute Gasteiger partial charge is 0.222 e. The summed E-state index contributed by atoms with van der Waals surface area (Å²) < 4.78 is 5.47. The molecular formula is C19H27N3O2. The van der Waals surface area contributed by atoms with Gasteiger partial charge in [0.25, 0.3) is 0 Å². The lowest BCUT2D eigenvalue weighted by atomic mass is 9.92. The van der Waals surface area contributed by atoms with Crippen LogP contribution in [0.5, 0.6) is 0 Å². The highest BCUT2D eigenvalue weighted by molar-refractivity contribution is 5.77. The van der Waals surface area contributed by atoms with Gasteiger partial charge in [0.05, 0.1) is 0 Å². The molecule has 0 spiro atoms. The zero-order valence-electron chi connectivity index (χ0n) is 14.3. The quantitative estimate of drug-likeness (QED) is 0.848. The van der Waals surface area contributed by atoms with Crippen molar-refractivity contribution < 1.29 is 9.53 Å². The van der Waals surface area contributed by atoms with Gasteiger partial charge in [-0.15, -0.1) is 0 Å². The molecule has 5 nitrogen and oxygen atoms in total. The molecule has 3 aliphatic rings. The summed E-state index contributed by atoms with van der Waals surface area (Å²) in [6.45, 7) is 4.68. The molecule has 0 bridgehead atoms. The molecule has 0 N–H and O–H groups in total. The van der Waals surface area contributed by atoms with Crippen molar-refractivity contribution >= 4 is 5.91 Å². The molecule has 4 heterocycles. The van der Waals surface area contributed by atoms with E-state index in [1.807, 2.05) is 18.5 Å². The number of fused-ring (bicyclic) bond motifs is 1. The van der Waals surface area contributed by atoms with E-state index in [1.54, 1.807) is 0 Å². The average Bonchev–Trinajstić information content (AvgIpc) is 3.02. The molecule has 0 saturated carbocycles. The number of rotatable bonds is 4. The molecule has 24 heavy (non-hydrogen) atoms. The van der Waals surface area contributed by atoms with Gasteiger partial charge in [-0.25, -0.2) is 0 Å². The molecule has 5 heteroatoms. The van der Waals surface area contributed by atoms with Crippen LogP contribution in [-0.2, 0) is 16.1 Å². The molecule has 3 fully saturated rings. The second-order valence-electron chi connectivity index (χ2n) is 7.40. The number of ether oxygens (including phenoxy) is 1. The number of aromatic nitrogens is 1. The number of hydrogen-bond donors (Lipinski definition) is 0. The Morgan fingerprint density at radius 2 is 2.04 bits per heavy atom. The maximum absolute atomic E-state index is 12.5. The molecule has 1 aromatic rings. The summed E-state index contributed by atoms with van der Waals surface area (Å²) in [4.78, 5) is 21.6. The fraction of sp³-hybridized carbons (Fsp3) is 0.684. The van der Waals surface area contributed by atoms with E-state index >= 15 is 0 Å². The Morgan fingerprint density at radius 1 is 1.17 bits per heavy atom. The van der Waals surface area contributed by atoms with Gasteiger partial charge in [-0.05, 0) is 43.2 Å². The summed E-state index contributed by atoms with van der Waals surface area (Å²) in [5.41, 5.74) is 1.27.